The van der Waals surface area contributed by atoms with Crippen LogP contribution in [-0.2, 0) is 17.6 Å². The van der Waals surface area contributed by atoms with Gasteiger partial charge in [-0.15, -0.1) is 0 Å². The molecule has 0 atom stereocenters. The molecule has 0 amide bonds. The molecule has 0 aromatic carbocycles. The minimum atomic E-state index is -4.65. The number of ether oxygens (including phenoxy) is 1. The fourth-order valence-electron chi connectivity index (χ4n) is 1.55. The van der Waals surface area contributed by atoms with Gasteiger partial charge in [0.25, 0.3) is 5.56 Å². The number of rotatable bonds is 3. The third-order valence-corrected chi connectivity index (χ3v) is 2.55. The number of methoxy groups -OCH3 is 1. The van der Waals surface area contributed by atoms with Crippen LogP contribution >= 0.6 is 0 Å². The Bertz CT molecular complexity index is 477. The molecule has 1 aliphatic carbocycles. The van der Waals surface area contributed by atoms with E-state index in [0.717, 1.165) is 23.6 Å². The van der Waals surface area contributed by atoms with Gasteiger partial charge in [-0.2, -0.15) is 18.3 Å². The summed E-state index contributed by atoms with van der Waals surface area (Å²) in [6.07, 6.45) is -3.02. The van der Waals surface area contributed by atoms with Crippen LogP contribution in [0.4, 0.5) is 13.2 Å². The molecule has 0 radical (unpaired) electrons. The minimum absolute atomic E-state index is 0.0415. The van der Waals surface area contributed by atoms with Crippen LogP contribution < -0.4 is 5.56 Å². The smallest absolute Gasteiger partial charge is 0.362 e. The zero-order valence-electron chi connectivity index (χ0n) is 9.12. The van der Waals surface area contributed by atoms with Crippen LogP contribution in [0.25, 0.3) is 0 Å². The van der Waals surface area contributed by atoms with Gasteiger partial charge >= 0.3 is 6.18 Å². The standard InChI is InChI=1S/C10H11F3N2O2/c1-17-5-15-9(16)7(10(11,12)13)4-8(14-15)6-2-3-6/h4,6H,2-3,5H2,1H3. The van der Waals surface area contributed by atoms with Crippen LogP contribution in [0.15, 0.2) is 10.9 Å². The Kier molecular flexibility index (Phi) is 2.94. The summed E-state index contributed by atoms with van der Waals surface area (Å²) < 4.78 is 43.3. The van der Waals surface area contributed by atoms with E-state index in [0.29, 0.717) is 5.69 Å². The summed E-state index contributed by atoms with van der Waals surface area (Å²) in [5, 5.41) is 3.88. The van der Waals surface area contributed by atoms with E-state index in [1.165, 1.54) is 7.11 Å². The van der Waals surface area contributed by atoms with Gasteiger partial charge in [0.05, 0.1) is 5.69 Å². The Morgan fingerprint density at radius 3 is 2.65 bits per heavy atom. The molecule has 4 nitrogen and oxygen atoms in total. The predicted octanol–water partition coefficient (Wildman–Crippen LogP) is 1.74. The Morgan fingerprint density at radius 2 is 2.18 bits per heavy atom. The van der Waals surface area contributed by atoms with Crippen molar-refractivity contribution in [3.8, 4) is 0 Å². The first-order valence-electron chi connectivity index (χ1n) is 5.11. The molecular formula is C10H11F3N2O2. The van der Waals surface area contributed by atoms with E-state index in [4.69, 9.17) is 0 Å². The Morgan fingerprint density at radius 1 is 1.53 bits per heavy atom. The SMILES string of the molecule is COCn1nc(C2CC2)cc(C(F)(F)F)c1=O. The Labute approximate surface area is 95.0 Å². The topological polar surface area (TPSA) is 44.1 Å². The van der Waals surface area contributed by atoms with Gasteiger partial charge in [0.2, 0.25) is 0 Å². The van der Waals surface area contributed by atoms with E-state index in [1.54, 1.807) is 0 Å². The summed E-state index contributed by atoms with van der Waals surface area (Å²) in [5.74, 6) is 0.0415. The summed E-state index contributed by atoms with van der Waals surface area (Å²) in [7, 11) is 1.30. The lowest BCUT2D eigenvalue weighted by Crippen LogP contribution is -2.31. The highest BCUT2D eigenvalue weighted by atomic mass is 19.4. The molecule has 0 N–H and O–H groups in total. The van der Waals surface area contributed by atoms with Gasteiger partial charge in [-0.05, 0) is 18.9 Å². The lowest BCUT2D eigenvalue weighted by molar-refractivity contribution is -0.139. The lowest BCUT2D eigenvalue weighted by Gasteiger charge is -2.11. The summed E-state index contributed by atoms with van der Waals surface area (Å²) in [6, 6.07) is 0.853. The van der Waals surface area contributed by atoms with Gasteiger partial charge < -0.3 is 4.74 Å². The van der Waals surface area contributed by atoms with Crippen molar-refractivity contribution in [2.24, 2.45) is 0 Å². The van der Waals surface area contributed by atoms with Gasteiger partial charge in [-0.3, -0.25) is 4.79 Å². The van der Waals surface area contributed by atoms with E-state index in [-0.39, 0.29) is 12.6 Å². The zero-order valence-corrected chi connectivity index (χ0v) is 9.12. The zero-order chi connectivity index (χ0) is 12.6. The molecule has 94 valence electrons. The van der Waals surface area contributed by atoms with Gasteiger partial charge in [0.15, 0.2) is 0 Å². The van der Waals surface area contributed by atoms with Crippen LogP contribution in [-0.4, -0.2) is 16.9 Å². The van der Waals surface area contributed by atoms with Crippen molar-refractivity contribution >= 4 is 0 Å². The van der Waals surface area contributed by atoms with E-state index in [9.17, 15) is 18.0 Å². The lowest BCUT2D eigenvalue weighted by atomic mass is 10.2. The first kappa shape index (κ1) is 12.1. The van der Waals surface area contributed by atoms with Crippen molar-refractivity contribution in [2.75, 3.05) is 7.11 Å². The van der Waals surface area contributed by atoms with Crippen LogP contribution in [0.2, 0.25) is 0 Å². The quantitative estimate of drug-likeness (QED) is 0.818. The number of halogens is 3. The summed E-state index contributed by atoms with van der Waals surface area (Å²) in [6.45, 7) is -0.275. The van der Waals surface area contributed by atoms with E-state index >= 15 is 0 Å². The Hall–Kier alpha value is -1.37. The molecule has 0 bridgehead atoms. The van der Waals surface area contributed by atoms with Crippen molar-refractivity contribution < 1.29 is 17.9 Å². The van der Waals surface area contributed by atoms with Gasteiger partial charge in [0, 0.05) is 13.0 Å². The molecule has 1 aromatic heterocycles. The molecule has 1 aromatic rings. The summed E-state index contributed by atoms with van der Waals surface area (Å²) >= 11 is 0. The maximum absolute atomic E-state index is 12.7. The molecule has 0 saturated heterocycles. The second-order valence-electron chi connectivity index (χ2n) is 3.98. The molecule has 0 spiro atoms. The molecule has 7 heteroatoms. The molecule has 17 heavy (non-hydrogen) atoms. The maximum atomic E-state index is 12.7. The number of alkyl halides is 3. The fraction of sp³-hybridized carbons (Fsp3) is 0.600. The molecule has 1 saturated carbocycles. The van der Waals surface area contributed by atoms with E-state index in [2.05, 4.69) is 9.84 Å². The number of aromatic nitrogens is 2. The number of hydrogen-bond donors (Lipinski definition) is 0. The molecule has 2 rings (SSSR count). The second-order valence-corrected chi connectivity index (χ2v) is 3.98. The van der Waals surface area contributed by atoms with E-state index < -0.39 is 17.3 Å². The van der Waals surface area contributed by atoms with Crippen LogP contribution in [0.3, 0.4) is 0 Å². The number of hydrogen-bond acceptors (Lipinski definition) is 3. The van der Waals surface area contributed by atoms with E-state index in [1.807, 2.05) is 0 Å². The van der Waals surface area contributed by atoms with Crippen molar-refractivity contribution in [3.63, 3.8) is 0 Å². The average Bonchev–Trinajstić information content (AvgIpc) is 3.03. The van der Waals surface area contributed by atoms with Crippen molar-refractivity contribution in [1.29, 1.82) is 0 Å². The first-order chi connectivity index (χ1) is 7.93. The van der Waals surface area contributed by atoms with Gasteiger partial charge in [-0.25, -0.2) is 4.68 Å². The van der Waals surface area contributed by atoms with Crippen LogP contribution in [0, 0.1) is 0 Å². The predicted molar refractivity (Wildman–Crippen MR) is 52.5 cm³/mol. The van der Waals surface area contributed by atoms with Crippen LogP contribution in [0.5, 0.6) is 0 Å². The monoisotopic (exact) mass is 248 g/mol. The molecule has 1 fully saturated rings. The highest BCUT2D eigenvalue weighted by Crippen LogP contribution is 2.39. The number of nitrogens with zero attached hydrogens (tertiary/aromatic N) is 2. The minimum Gasteiger partial charge on any atom is -0.362 e. The normalized spacial score (nSPS) is 16.2. The van der Waals surface area contributed by atoms with Crippen molar-refractivity contribution in [3.05, 3.63) is 27.7 Å². The largest absolute Gasteiger partial charge is 0.421 e. The third-order valence-electron chi connectivity index (χ3n) is 2.55. The third kappa shape index (κ3) is 2.49. The van der Waals surface area contributed by atoms with Crippen LogP contribution in [0.1, 0.15) is 30.0 Å². The molecule has 0 aliphatic heterocycles. The fourth-order valence-corrected chi connectivity index (χ4v) is 1.55. The first-order valence-corrected chi connectivity index (χ1v) is 5.11. The molecule has 1 aliphatic rings. The summed E-state index contributed by atoms with van der Waals surface area (Å²) in [4.78, 5) is 11.5. The Balaban J connectivity index is 2.53. The van der Waals surface area contributed by atoms with Gasteiger partial charge in [0.1, 0.15) is 12.3 Å². The summed E-state index contributed by atoms with van der Waals surface area (Å²) in [5.41, 5.74) is -2.02. The average molecular weight is 248 g/mol. The van der Waals surface area contributed by atoms with Crippen molar-refractivity contribution in [1.82, 2.24) is 9.78 Å². The maximum Gasteiger partial charge on any atom is 0.421 e. The highest BCUT2D eigenvalue weighted by Gasteiger charge is 2.37. The highest BCUT2D eigenvalue weighted by molar-refractivity contribution is 5.22. The molecular weight excluding hydrogens is 237 g/mol. The second kappa shape index (κ2) is 4.14. The molecule has 0 unspecified atom stereocenters. The molecule has 1 heterocycles. The van der Waals surface area contributed by atoms with Crippen molar-refractivity contribution in [2.45, 2.75) is 31.7 Å². The van der Waals surface area contributed by atoms with Gasteiger partial charge in [-0.1, -0.05) is 0 Å².